The highest BCUT2D eigenvalue weighted by Crippen LogP contribution is 2.44. The Balaban J connectivity index is 3.79. The summed E-state index contributed by atoms with van der Waals surface area (Å²) in [4.78, 5) is 9.47. The molecular weight excluding hydrogens is 292 g/mol. The molecule has 0 saturated heterocycles. The van der Waals surface area contributed by atoms with E-state index in [1.807, 2.05) is 0 Å². The molecule has 0 radical (unpaired) electrons. The van der Waals surface area contributed by atoms with Crippen LogP contribution in [0.15, 0.2) is 12.1 Å². The van der Waals surface area contributed by atoms with Crippen molar-refractivity contribution in [1.82, 2.24) is 0 Å². The number of nitrogens with zero attached hydrogens (tertiary/aromatic N) is 1. The van der Waals surface area contributed by atoms with Gasteiger partial charge in [-0.2, -0.15) is 26.3 Å². The molecule has 0 aliphatic carbocycles. The van der Waals surface area contributed by atoms with Crippen LogP contribution in [-0.4, -0.2) is 4.92 Å². The third kappa shape index (κ3) is 3.20. The topological polar surface area (TPSA) is 43.1 Å². The molecular formula is C11H9F6NO2. The number of nitro benzene ring substituents is 1. The largest absolute Gasteiger partial charge is 0.423 e. The minimum Gasteiger partial charge on any atom is -0.258 e. The van der Waals surface area contributed by atoms with Gasteiger partial charge in [0.15, 0.2) is 0 Å². The number of halogens is 6. The first-order valence-electron chi connectivity index (χ1n) is 5.32. The van der Waals surface area contributed by atoms with Crippen molar-refractivity contribution in [2.45, 2.75) is 32.1 Å². The first kappa shape index (κ1) is 16.3. The van der Waals surface area contributed by atoms with E-state index in [1.165, 1.54) is 13.8 Å². The molecule has 1 rings (SSSR count). The van der Waals surface area contributed by atoms with Crippen molar-refractivity contribution in [2.24, 2.45) is 0 Å². The summed E-state index contributed by atoms with van der Waals surface area (Å²) in [6.45, 7) is 2.56. The molecule has 1 aromatic carbocycles. The Morgan fingerprint density at radius 1 is 1.05 bits per heavy atom. The summed E-state index contributed by atoms with van der Waals surface area (Å²) in [7, 11) is 0. The van der Waals surface area contributed by atoms with Gasteiger partial charge in [-0.15, -0.1) is 0 Å². The normalized spacial score (nSPS) is 12.8. The van der Waals surface area contributed by atoms with Crippen LogP contribution in [0.1, 0.15) is 36.5 Å². The summed E-state index contributed by atoms with van der Waals surface area (Å²) in [6.07, 6.45) is -10.3. The molecule has 20 heavy (non-hydrogen) atoms. The summed E-state index contributed by atoms with van der Waals surface area (Å²) in [5.41, 5.74) is -5.38. The second kappa shape index (κ2) is 4.95. The van der Waals surface area contributed by atoms with Gasteiger partial charge in [0.1, 0.15) is 5.56 Å². The van der Waals surface area contributed by atoms with E-state index in [9.17, 15) is 36.5 Å². The van der Waals surface area contributed by atoms with E-state index < -0.39 is 45.6 Å². The van der Waals surface area contributed by atoms with Gasteiger partial charge < -0.3 is 0 Å². The number of nitro groups is 1. The fourth-order valence-corrected chi connectivity index (χ4v) is 1.68. The lowest BCUT2D eigenvalue weighted by Gasteiger charge is -2.16. The van der Waals surface area contributed by atoms with E-state index in [0.717, 1.165) is 0 Å². The van der Waals surface area contributed by atoms with Gasteiger partial charge in [0, 0.05) is 5.56 Å². The van der Waals surface area contributed by atoms with Crippen LogP contribution < -0.4 is 0 Å². The van der Waals surface area contributed by atoms with Crippen molar-refractivity contribution in [3.05, 3.63) is 38.9 Å². The van der Waals surface area contributed by atoms with Gasteiger partial charge in [0.05, 0.1) is 10.5 Å². The monoisotopic (exact) mass is 301 g/mol. The second-order valence-electron chi connectivity index (χ2n) is 4.37. The molecule has 0 fully saturated rings. The van der Waals surface area contributed by atoms with Crippen molar-refractivity contribution >= 4 is 5.69 Å². The number of benzene rings is 1. The summed E-state index contributed by atoms with van der Waals surface area (Å²) >= 11 is 0. The molecule has 1 aromatic rings. The molecule has 0 aliphatic heterocycles. The Kier molecular flexibility index (Phi) is 4.02. The molecule has 112 valence electrons. The zero-order chi connectivity index (χ0) is 15.9. The summed E-state index contributed by atoms with van der Waals surface area (Å²) in [5.74, 6) is -0.862. The maximum absolute atomic E-state index is 12.7. The number of rotatable bonds is 2. The summed E-state index contributed by atoms with van der Waals surface area (Å²) < 4.78 is 76.0. The number of alkyl halides is 6. The van der Waals surface area contributed by atoms with E-state index in [4.69, 9.17) is 0 Å². The van der Waals surface area contributed by atoms with Gasteiger partial charge in [-0.1, -0.05) is 13.8 Å². The Morgan fingerprint density at radius 2 is 1.55 bits per heavy atom. The van der Waals surface area contributed by atoms with Gasteiger partial charge >= 0.3 is 12.4 Å². The third-order valence-electron chi connectivity index (χ3n) is 2.58. The molecule has 0 amide bonds. The maximum Gasteiger partial charge on any atom is 0.423 e. The lowest BCUT2D eigenvalue weighted by molar-refractivity contribution is -0.388. The molecule has 0 bridgehead atoms. The van der Waals surface area contributed by atoms with Crippen LogP contribution in [0.25, 0.3) is 0 Å². The predicted octanol–water partition coefficient (Wildman–Crippen LogP) is 4.76. The van der Waals surface area contributed by atoms with Crippen LogP contribution in [0.3, 0.4) is 0 Å². The fraction of sp³-hybridized carbons (Fsp3) is 0.455. The molecule has 0 aromatic heterocycles. The Hall–Kier alpha value is -1.80. The molecule has 0 unspecified atom stereocenters. The predicted molar refractivity (Wildman–Crippen MR) is 57.2 cm³/mol. The van der Waals surface area contributed by atoms with E-state index in [0.29, 0.717) is 6.07 Å². The van der Waals surface area contributed by atoms with Crippen molar-refractivity contribution in [1.29, 1.82) is 0 Å². The van der Waals surface area contributed by atoms with E-state index >= 15 is 0 Å². The molecule has 0 aliphatic rings. The zero-order valence-electron chi connectivity index (χ0n) is 10.3. The van der Waals surface area contributed by atoms with Gasteiger partial charge in [-0.05, 0) is 18.1 Å². The van der Waals surface area contributed by atoms with Crippen LogP contribution in [0.4, 0.5) is 32.0 Å². The summed E-state index contributed by atoms with van der Waals surface area (Å²) in [6, 6.07) is 0.155. The van der Waals surface area contributed by atoms with Gasteiger partial charge in [-0.25, -0.2) is 0 Å². The Bertz CT molecular complexity index is 533. The highest BCUT2D eigenvalue weighted by molar-refractivity contribution is 5.53. The maximum atomic E-state index is 12.7. The van der Waals surface area contributed by atoms with Crippen molar-refractivity contribution < 1.29 is 31.3 Å². The zero-order valence-corrected chi connectivity index (χ0v) is 10.3. The van der Waals surface area contributed by atoms with Crippen molar-refractivity contribution in [3.8, 4) is 0 Å². The quantitative estimate of drug-likeness (QED) is 0.449. The van der Waals surface area contributed by atoms with E-state index in [2.05, 4.69) is 0 Å². The van der Waals surface area contributed by atoms with Gasteiger partial charge in [-0.3, -0.25) is 10.1 Å². The molecule has 0 N–H and O–H groups in total. The smallest absolute Gasteiger partial charge is 0.258 e. The Morgan fingerprint density at radius 3 is 1.85 bits per heavy atom. The number of hydrogen-bond acceptors (Lipinski definition) is 2. The molecule has 9 heteroatoms. The van der Waals surface area contributed by atoms with Crippen LogP contribution in [0, 0.1) is 10.1 Å². The second-order valence-corrected chi connectivity index (χ2v) is 4.37. The van der Waals surface area contributed by atoms with Crippen molar-refractivity contribution in [2.75, 3.05) is 0 Å². The minimum absolute atomic E-state index is 0.232. The third-order valence-corrected chi connectivity index (χ3v) is 2.58. The molecule has 0 saturated carbocycles. The molecule has 3 nitrogen and oxygen atoms in total. The average molecular weight is 301 g/mol. The molecule has 0 atom stereocenters. The lowest BCUT2D eigenvalue weighted by atomic mass is 9.94. The lowest BCUT2D eigenvalue weighted by Crippen LogP contribution is -2.15. The van der Waals surface area contributed by atoms with Crippen LogP contribution >= 0.6 is 0 Å². The SMILES string of the molecule is CC(C)c1cc(C(F)(F)F)cc(C(F)(F)F)c1[N+](=O)[O-]. The fourth-order valence-electron chi connectivity index (χ4n) is 1.68. The van der Waals surface area contributed by atoms with Crippen LogP contribution in [0.2, 0.25) is 0 Å². The average Bonchev–Trinajstić information content (AvgIpc) is 2.24. The standard InChI is InChI=1S/C11H9F6NO2/c1-5(2)7-3-6(10(12,13)14)4-8(11(15,16)17)9(7)18(19)20/h3-5H,1-2H3. The molecule has 0 heterocycles. The minimum atomic E-state index is -5.24. The summed E-state index contributed by atoms with van der Waals surface area (Å²) in [5, 5.41) is 10.8. The highest BCUT2D eigenvalue weighted by Gasteiger charge is 2.43. The van der Waals surface area contributed by atoms with Gasteiger partial charge in [0.25, 0.3) is 5.69 Å². The highest BCUT2D eigenvalue weighted by atomic mass is 19.4. The van der Waals surface area contributed by atoms with Gasteiger partial charge in [0.2, 0.25) is 0 Å². The van der Waals surface area contributed by atoms with Crippen LogP contribution in [0.5, 0.6) is 0 Å². The Labute approximate surface area is 109 Å². The van der Waals surface area contributed by atoms with E-state index in [1.54, 1.807) is 0 Å². The first-order valence-corrected chi connectivity index (χ1v) is 5.32. The van der Waals surface area contributed by atoms with E-state index in [-0.39, 0.29) is 6.07 Å². The van der Waals surface area contributed by atoms with Crippen molar-refractivity contribution in [3.63, 3.8) is 0 Å². The van der Waals surface area contributed by atoms with Crippen LogP contribution in [-0.2, 0) is 12.4 Å². The first-order chi connectivity index (χ1) is 8.85. The molecule has 0 spiro atoms. The number of hydrogen-bond donors (Lipinski definition) is 0.